The van der Waals surface area contributed by atoms with Crippen molar-refractivity contribution in [3.8, 4) is 0 Å². The van der Waals surface area contributed by atoms with Crippen LogP contribution in [0.15, 0.2) is 0 Å². The molecule has 0 unspecified atom stereocenters. The second-order valence-corrected chi connectivity index (χ2v) is 7.21. The minimum absolute atomic E-state index is 0.0189. The van der Waals surface area contributed by atoms with Gasteiger partial charge in [-0.15, -0.1) is 0 Å². The number of unbranched alkanes of at least 4 members (excludes halogenated alkanes) is 1. The van der Waals surface area contributed by atoms with Crippen molar-refractivity contribution in [3.05, 3.63) is 17.2 Å². The second-order valence-electron chi connectivity index (χ2n) is 7.21. The summed E-state index contributed by atoms with van der Waals surface area (Å²) in [4.78, 5) is 34.2. The summed E-state index contributed by atoms with van der Waals surface area (Å²) in [5, 5.41) is 0. The molecule has 0 bridgehead atoms. The zero-order chi connectivity index (χ0) is 19.1. The molecular weight excluding hydrogens is 328 g/mol. The maximum Gasteiger partial charge on any atom is 0.289 e. The molecule has 0 spiro atoms. The van der Waals surface area contributed by atoms with E-state index in [4.69, 9.17) is 0 Å². The molecule has 2 rings (SSSR count). The van der Waals surface area contributed by atoms with Gasteiger partial charge in [0.1, 0.15) is 5.69 Å². The van der Waals surface area contributed by atoms with Gasteiger partial charge in [-0.3, -0.25) is 9.59 Å². The molecule has 0 fully saturated rings. The van der Waals surface area contributed by atoms with E-state index in [-0.39, 0.29) is 11.8 Å². The lowest BCUT2D eigenvalue weighted by Gasteiger charge is -2.22. The maximum atomic E-state index is 13.1. The highest BCUT2D eigenvalue weighted by Crippen LogP contribution is 2.23. The fraction of sp³-hybridized carbons (Fsp3) is 0.750. The maximum absolute atomic E-state index is 13.1. The number of hydrogen-bond acceptors (Lipinski definition) is 3. The molecule has 0 N–H and O–H groups in total. The Morgan fingerprint density at radius 3 is 2.31 bits per heavy atom. The van der Waals surface area contributed by atoms with Gasteiger partial charge in [-0.1, -0.05) is 27.2 Å². The quantitative estimate of drug-likeness (QED) is 0.677. The molecule has 1 aliphatic rings. The Balaban J connectivity index is 2.34. The molecule has 0 saturated heterocycles. The van der Waals surface area contributed by atoms with Crippen LogP contribution in [0.3, 0.4) is 0 Å². The van der Waals surface area contributed by atoms with Crippen molar-refractivity contribution < 1.29 is 9.59 Å². The van der Waals surface area contributed by atoms with Crippen LogP contribution in [0.25, 0.3) is 0 Å². The van der Waals surface area contributed by atoms with Crippen molar-refractivity contribution >= 4 is 11.8 Å². The van der Waals surface area contributed by atoms with Crippen LogP contribution >= 0.6 is 0 Å². The highest BCUT2D eigenvalue weighted by Gasteiger charge is 2.30. The normalized spacial score (nSPS) is 13.4. The predicted octanol–water partition coefficient (Wildman–Crippen LogP) is 3.35. The van der Waals surface area contributed by atoms with Gasteiger partial charge in [0.25, 0.3) is 11.8 Å². The smallest absolute Gasteiger partial charge is 0.289 e. The number of carbonyl (C=O) groups is 2. The van der Waals surface area contributed by atoms with Crippen LogP contribution in [-0.2, 0) is 13.0 Å². The third kappa shape index (κ3) is 4.46. The van der Waals surface area contributed by atoms with Crippen LogP contribution in [-0.4, -0.2) is 57.8 Å². The summed E-state index contributed by atoms with van der Waals surface area (Å²) in [6.45, 7) is 9.24. The standard InChI is InChI=1S/C20H34N4O2/c1-5-8-14-22(4)20(26)18-21-17(16-11-9-10-15-24(16)18)19(25)23(12-6-2)13-7-3/h5-15H2,1-4H3. The Morgan fingerprint density at radius 2 is 1.69 bits per heavy atom. The van der Waals surface area contributed by atoms with Crippen LogP contribution in [0, 0.1) is 0 Å². The van der Waals surface area contributed by atoms with Crippen LogP contribution in [0.1, 0.15) is 86.1 Å². The Morgan fingerprint density at radius 1 is 1.00 bits per heavy atom. The monoisotopic (exact) mass is 362 g/mol. The number of imidazole rings is 1. The van der Waals surface area contributed by atoms with E-state index in [0.717, 1.165) is 76.8 Å². The predicted molar refractivity (Wildman–Crippen MR) is 104 cm³/mol. The van der Waals surface area contributed by atoms with Crippen molar-refractivity contribution in [2.45, 2.75) is 72.3 Å². The van der Waals surface area contributed by atoms with E-state index in [0.29, 0.717) is 11.5 Å². The second kappa shape index (κ2) is 9.74. The summed E-state index contributed by atoms with van der Waals surface area (Å²) in [5.41, 5.74) is 1.45. The molecule has 0 saturated carbocycles. The van der Waals surface area contributed by atoms with Gasteiger partial charge in [-0.25, -0.2) is 4.98 Å². The van der Waals surface area contributed by atoms with Crippen molar-refractivity contribution in [2.75, 3.05) is 26.7 Å². The number of rotatable bonds is 9. The zero-order valence-corrected chi connectivity index (χ0v) is 16.9. The van der Waals surface area contributed by atoms with Crippen LogP contribution in [0.2, 0.25) is 0 Å². The van der Waals surface area contributed by atoms with E-state index >= 15 is 0 Å². The first kappa shape index (κ1) is 20.5. The van der Waals surface area contributed by atoms with Gasteiger partial charge in [0.2, 0.25) is 0 Å². The lowest BCUT2D eigenvalue weighted by atomic mass is 10.1. The largest absolute Gasteiger partial charge is 0.339 e. The molecule has 6 heteroatoms. The minimum atomic E-state index is -0.0711. The van der Waals surface area contributed by atoms with Crippen molar-refractivity contribution in [1.82, 2.24) is 19.4 Å². The number of amides is 2. The Bertz CT molecular complexity index is 618. The summed E-state index contributed by atoms with van der Waals surface area (Å²) >= 11 is 0. The van der Waals surface area contributed by atoms with Crippen molar-refractivity contribution in [1.29, 1.82) is 0 Å². The average Bonchev–Trinajstić information content (AvgIpc) is 3.04. The van der Waals surface area contributed by atoms with Gasteiger partial charge in [-0.2, -0.15) is 0 Å². The van der Waals surface area contributed by atoms with Gasteiger partial charge >= 0.3 is 0 Å². The molecule has 26 heavy (non-hydrogen) atoms. The summed E-state index contributed by atoms with van der Waals surface area (Å²) in [6, 6.07) is 0. The summed E-state index contributed by atoms with van der Waals surface area (Å²) in [5.74, 6) is 0.349. The van der Waals surface area contributed by atoms with Crippen molar-refractivity contribution in [2.24, 2.45) is 0 Å². The highest BCUT2D eigenvalue weighted by molar-refractivity contribution is 5.97. The molecule has 0 radical (unpaired) electrons. The molecule has 6 nitrogen and oxygen atoms in total. The van der Waals surface area contributed by atoms with Gasteiger partial charge in [0.05, 0.1) is 5.69 Å². The molecule has 1 aromatic heterocycles. The number of nitrogens with zero attached hydrogens (tertiary/aromatic N) is 4. The van der Waals surface area contributed by atoms with Gasteiger partial charge in [0, 0.05) is 33.2 Å². The van der Waals surface area contributed by atoms with E-state index in [1.165, 1.54) is 0 Å². The van der Waals surface area contributed by atoms with E-state index in [1.54, 1.807) is 4.90 Å². The first-order valence-corrected chi connectivity index (χ1v) is 10.2. The third-order valence-corrected chi connectivity index (χ3v) is 4.98. The highest BCUT2D eigenvalue weighted by atomic mass is 16.2. The number of hydrogen-bond donors (Lipinski definition) is 0. The summed E-state index contributed by atoms with van der Waals surface area (Å²) < 4.78 is 2.00. The van der Waals surface area contributed by atoms with Crippen molar-refractivity contribution in [3.63, 3.8) is 0 Å². The first-order valence-electron chi connectivity index (χ1n) is 10.2. The fourth-order valence-electron chi connectivity index (χ4n) is 3.55. The Labute approximate surface area is 157 Å². The van der Waals surface area contributed by atoms with Crippen LogP contribution < -0.4 is 0 Å². The molecule has 0 atom stereocenters. The summed E-state index contributed by atoms with van der Waals surface area (Å²) in [6.07, 6.45) is 6.77. The first-order chi connectivity index (χ1) is 12.5. The zero-order valence-electron chi connectivity index (χ0n) is 16.9. The molecule has 1 aliphatic heterocycles. The minimum Gasteiger partial charge on any atom is -0.339 e. The van der Waals surface area contributed by atoms with E-state index in [1.807, 2.05) is 16.5 Å². The van der Waals surface area contributed by atoms with E-state index < -0.39 is 0 Å². The molecule has 0 aromatic carbocycles. The van der Waals surface area contributed by atoms with E-state index in [2.05, 4.69) is 25.8 Å². The molecule has 146 valence electrons. The third-order valence-electron chi connectivity index (χ3n) is 4.98. The fourth-order valence-corrected chi connectivity index (χ4v) is 3.55. The number of aromatic nitrogens is 2. The Kier molecular flexibility index (Phi) is 7.66. The topological polar surface area (TPSA) is 58.4 Å². The van der Waals surface area contributed by atoms with Crippen LogP contribution in [0.5, 0.6) is 0 Å². The van der Waals surface area contributed by atoms with Gasteiger partial charge < -0.3 is 14.4 Å². The molecule has 1 aromatic rings. The number of fused-ring (bicyclic) bond motifs is 1. The lowest BCUT2D eigenvalue weighted by Crippen LogP contribution is -2.33. The number of carbonyl (C=O) groups excluding carboxylic acids is 2. The molecule has 2 heterocycles. The summed E-state index contributed by atoms with van der Waals surface area (Å²) in [7, 11) is 1.82. The van der Waals surface area contributed by atoms with Crippen LogP contribution in [0.4, 0.5) is 0 Å². The molecular formula is C20H34N4O2. The molecule has 0 aliphatic carbocycles. The Hall–Kier alpha value is -1.85. The average molecular weight is 363 g/mol. The van der Waals surface area contributed by atoms with Gasteiger partial charge in [-0.05, 0) is 38.5 Å². The lowest BCUT2D eigenvalue weighted by molar-refractivity contribution is 0.0748. The van der Waals surface area contributed by atoms with E-state index in [9.17, 15) is 9.59 Å². The SMILES string of the molecule is CCCCN(C)C(=O)c1nc(C(=O)N(CCC)CCC)c2n1CCCC2. The van der Waals surface area contributed by atoms with Gasteiger partial charge in [0.15, 0.2) is 5.82 Å². The molecule has 2 amide bonds.